The Balaban J connectivity index is 2.29. The molecule has 3 N–H and O–H groups in total. The van der Waals surface area contributed by atoms with Crippen molar-refractivity contribution in [3.05, 3.63) is 42.0 Å². The van der Waals surface area contributed by atoms with Crippen LogP contribution in [0.3, 0.4) is 0 Å². The third-order valence-electron chi connectivity index (χ3n) is 3.84. The minimum Gasteiger partial charge on any atom is -0.467 e. The molecule has 0 heterocycles. The van der Waals surface area contributed by atoms with Gasteiger partial charge >= 0.3 is 5.97 Å². The Labute approximate surface area is 135 Å². The van der Waals surface area contributed by atoms with Gasteiger partial charge in [0.1, 0.15) is 6.04 Å². The van der Waals surface area contributed by atoms with Crippen LogP contribution in [0.2, 0.25) is 0 Å². The number of carbonyl (C=O) groups excluding carboxylic acids is 2. The van der Waals surface area contributed by atoms with Gasteiger partial charge in [-0.1, -0.05) is 44.0 Å². The monoisotopic (exact) mass is 314 g/mol. The minimum atomic E-state index is -0.635. The van der Waals surface area contributed by atoms with Gasteiger partial charge in [-0.2, -0.15) is 0 Å². The van der Waals surface area contributed by atoms with Gasteiger partial charge in [0.25, 0.3) is 5.91 Å². The largest absolute Gasteiger partial charge is 0.467 e. The second kappa shape index (κ2) is 7.63. The predicted molar refractivity (Wildman–Crippen MR) is 91.2 cm³/mol. The number of hydrogen-bond donors (Lipinski definition) is 2. The summed E-state index contributed by atoms with van der Waals surface area (Å²) >= 11 is 0. The number of anilines is 1. The zero-order chi connectivity index (χ0) is 16.8. The summed E-state index contributed by atoms with van der Waals surface area (Å²) in [6.45, 7) is 2.03. The first-order valence-electron chi connectivity index (χ1n) is 7.74. The van der Waals surface area contributed by atoms with Crippen molar-refractivity contribution in [3.63, 3.8) is 0 Å². The van der Waals surface area contributed by atoms with E-state index in [9.17, 15) is 9.59 Å². The highest BCUT2D eigenvalue weighted by Crippen LogP contribution is 2.24. The first-order valence-corrected chi connectivity index (χ1v) is 7.74. The lowest BCUT2D eigenvalue weighted by molar-refractivity contribution is -0.143. The van der Waals surface area contributed by atoms with Crippen LogP contribution in [-0.4, -0.2) is 25.0 Å². The fraction of sp³-hybridized carbons (Fsp3) is 0.333. The molecule has 0 aliphatic rings. The number of nitrogens with one attached hydrogen (secondary N) is 1. The number of benzene rings is 2. The molecule has 0 aliphatic heterocycles. The van der Waals surface area contributed by atoms with E-state index in [0.717, 1.165) is 23.6 Å². The van der Waals surface area contributed by atoms with E-state index in [4.69, 9.17) is 10.5 Å². The van der Waals surface area contributed by atoms with Gasteiger partial charge in [0, 0.05) is 16.6 Å². The number of rotatable bonds is 6. The minimum absolute atomic E-state index is 0.298. The summed E-state index contributed by atoms with van der Waals surface area (Å²) in [6.07, 6.45) is 2.33. The molecule has 0 spiro atoms. The van der Waals surface area contributed by atoms with Crippen LogP contribution in [0.1, 0.15) is 36.5 Å². The van der Waals surface area contributed by atoms with E-state index < -0.39 is 12.0 Å². The number of fused-ring (bicyclic) bond motifs is 1. The molecule has 2 aromatic carbocycles. The highest BCUT2D eigenvalue weighted by molar-refractivity contribution is 6.10. The van der Waals surface area contributed by atoms with E-state index in [2.05, 4.69) is 5.32 Å². The Hall–Kier alpha value is -2.56. The average molecular weight is 314 g/mol. The highest BCUT2D eigenvalue weighted by Gasteiger charge is 2.22. The van der Waals surface area contributed by atoms with E-state index in [1.54, 1.807) is 18.2 Å². The lowest BCUT2D eigenvalue weighted by atomic mass is 10.0. The van der Waals surface area contributed by atoms with Gasteiger partial charge in [0.05, 0.1) is 7.11 Å². The Bertz CT molecular complexity index is 712. The molecule has 0 bridgehead atoms. The number of esters is 1. The Kier molecular flexibility index (Phi) is 5.57. The second-order valence-electron chi connectivity index (χ2n) is 5.44. The Morgan fingerprint density at radius 1 is 1.17 bits per heavy atom. The quantitative estimate of drug-likeness (QED) is 0.634. The van der Waals surface area contributed by atoms with Crippen molar-refractivity contribution in [2.75, 3.05) is 12.8 Å². The average Bonchev–Trinajstić information content (AvgIpc) is 2.57. The summed E-state index contributed by atoms with van der Waals surface area (Å²) in [5.74, 6) is -0.723. The van der Waals surface area contributed by atoms with Gasteiger partial charge in [-0.15, -0.1) is 0 Å². The molecule has 0 saturated heterocycles. The van der Waals surface area contributed by atoms with Crippen LogP contribution in [0.25, 0.3) is 10.8 Å². The number of methoxy groups -OCH3 is 1. The zero-order valence-corrected chi connectivity index (χ0v) is 13.5. The van der Waals surface area contributed by atoms with Crippen LogP contribution in [0.5, 0.6) is 0 Å². The molecule has 122 valence electrons. The Morgan fingerprint density at radius 2 is 1.87 bits per heavy atom. The van der Waals surface area contributed by atoms with Gasteiger partial charge in [-0.25, -0.2) is 4.79 Å². The SMILES string of the molecule is CCCC[C@H](NC(=O)c1cccc2c(N)cccc12)C(=O)OC. The molecule has 0 unspecified atom stereocenters. The van der Waals surface area contributed by atoms with Crippen molar-refractivity contribution in [1.82, 2.24) is 5.32 Å². The van der Waals surface area contributed by atoms with E-state index in [-0.39, 0.29) is 5.91 Å². The van der Waals surface area contributed by atoms with Crippen LogP contribution >= 0.6 is 0 Å². The maximum Gasteiger partial charge on any atom is 0.328 e. The number of hydrogen-bond acceptors (Lipinski definition) is 4. The molecule has 2 aromatic rings. The molecule has 5 heteroatoms. The van der Waals surface area contributed by atoms with E-state index >= 15 is 0 Å². The first-order chi connectivity index (χ1) is 11.1. The zero-order valence-electron chi connectivity index (χ0n) is 13.5. The third-order valence-corrected chi connectivity index (χ3v) is 3.84. The van der Waals surface area contributed by atoms with E-state index in [1.165, 1.54) is 7.11 Å². The van der Waals surface area contributed by atoms with Crippen LogP contribution < -0.4 is 11.1 Å². The number of nitrogens with two attached hydrogens (primary N) is 1. The van der Waals surface area contributed by atoms with Crippen molar-refractivity contribution >= 4 is 28.3 Å². The van der Waals surface area contributed by atoms with E-state index in [1.807, 2.05) is 25.1 Å². The molecule has 5 nitrogen and oxygen atoms in total. The second-order valence-corrected chi connectivity index (χ2v) is 5.44. The molecular weight excluding hydrogens is 292 g/mol. The fourth-order valence-electron chi connectivity index (χ4n) is 2.57. The molecule has 1 atom stereocenters. The molecule has 0 saturated carbocycles. The molecule has 0 aliphatic carbocycles. The summed E-state index contributed by atoms with van der Waals surface area (Å²) in [5, 5.41) is 4.37. The Morgan fingerprint density at radius 3 is 2.57 bits per heavy atom. The molecular formula is C18H22N2O3. The van der Waals surface area contributed by atoms with Crippen molar-refractivity contribution in [3.8, 4) is 0 Å². The lowest BCUT2D eigenvalue weighted by Gasteiger charge is -2.17. The van der Waals surface area contributed by atoms with Crippen molar-refractivity contribution in [1.29, 1.82) is 0 Å². The van der Waals surface area contributed by atoms with Gasteiger partial charge in [0.2, 0.25) is 0 Å². The number of carbonyl (C=O) groups is 2. The van der Waals surface area contributed by atoms with Gasteiger partial charge in [-0.3, -0.25) is 4.79 Å². The molecule has 0 aromatic heterocycles. The summed E-state index contributed by atoms with van der Waals surface area (Å²) in [7, 11) is 1.33. The molecule has 0 radical (unpaired) electrons. The third kappa shape index (κ3) is 3.80. The smallest absolute Gasteiger partial charge is 0.328 e. The van der Waals surface area contributed by atoms with Gasteiger partial charge in [-0.05, 0) is 23.9 Å². The normalized spacial score (nSPS) is 11.9. The number of amides is 1. The van der Waals surface area contributed by atoms with Crippen LogP contribution in [0, 0.1) is 0 Å². The van der Waals surface area contributed by atoms with Gasteiger partial charge in [0.15, 0.2) is 0 Å². The van der Waals surface area contributed by atoms with Crippen molar-refractivity contribution in [2.24, 2.45) is 0 Å². The highest BCUT2D eigenvalue weighted by atomic mass is 16.5. The summed E-state index contributed by atoms with van der Waals surface area (Å²) in [5.41, 5.74) is 7.07. The van der Waals surface area contributed by atoms with Crippen LogP contribution in [-0.2, 0) is 9.53 Å². The predicted octanol–water partition coefficient (Wildman–Crippen LogP) is 2.88. The molecule has 23 heavy (non-hydrogen) atoms. The standard InChI is InChI=1S/C18H22N2O3/c1-3-4-11-16(18(22)23-2)20-17(21)14-9-5-8-13-12(14)7-6-10-15(13)19/h5-10,16H,3-4,11,19H2,1-2H3,(H,20,21)/t16-/m0/s1. The number of nitrogen functional groups attached to an aromatic ring is 1. The fourth-order valence-corrected chi connectivity index (χ4v) is 2.57. The van der Waals surface area contributed by atoms with Gasteiger partial charge < -0.3 is 15.8 Å². The molecule has 0 fully saturated rings. The summed E-state index contributed by atoms with van der Waals surface area (Å²) in [6, 6.07) is 10.2. The summed E-state index contributed by atoms with van der Waals surface area (Å²) < 4.78 is 4.78. The van der Waals surface area contributed by atoms with Crippen LogP contribution in [0.15, 0.2) is 36.4 Å². The lowest BCUT2D eigenvalue weighted by Crippen LogP contribution is -2.41. The molecule has 1 amide bonds. The molecule has 2 rings (SSSR count). The van der Waals surface area contributed by atoms with Crippen molar-refractivity contribution < 1.29 is 14.3 Å². The van der Waals surface area contributed by atoms with E-state index in [0.29, 0.717) is 17.7 Å². The van der Waals surface area contributed by atoms with Crippen LogP contribution in [0.4, 0.5) is 5.69 Å². The maximum absolute atomic E-state index is 12.6. The first kappa shape index (κ1) is 16.8. The topological polar surface area (TPSA) is 81.4 Å². The van der Waals surface area contributed by atoms with Crippen molar-refractivity contribution in [2.45, 2.75) is 32.2 Å². The maximum atomic E-state index is 12.6. The number of ether oxygens (including phenoxy) is 1. The number of unbranched alkanes of at least 4 members (excludes halogenated alkanes) is 1. The summed E-state index contributed by atoms with van der Waals surface area (Å²) in [4.78, 5) is 24.4.